The normalized spacial score (nSPS) is 11.7. The van der Waals surface area contributed by atoms with Gasteiger partial charge in [0.2, 0.25) is 0 Å². The maximum atomic E-state index is 13.6. The van der Waals surface area contributed by atoms with Gasteiger partial charge in [-0.3, -0.25) is 0 Å². The molecular formula is C31H22FN. The Hall–Kier alpha value is -4.17. The van der Waals surface area contributed by atoms with Crippen LogP contribution >= 0.6 is 0 Å². The molecule has 0 atom stereocenters. The highest BCUT2D eigenvalue weighted by atomic mass is 19.1. The number of hydrogen-bond donors (Lipinski definition) is 0. The Morgan fingerprint density at radius 2 is 1.06 bits per heavy atom. The number of rotatable bonds is 4. The average molecular weight is 428 g/mol. The van der Waals surface area contributed by atoms with Gasteiger partial charge in [0.1, 0.15) is 5.82 Å². The summed E-state index contributed by atoms with van der Waals surface area (Å²) in [7, 11) is 0. The van der Waals surface area contributed by atoms with Gasteiger partial charge in [0.25, 0.3) is 0 Å². The van der Waals surface area contributed by atoms with E-state index in [0.29, 0.717) is 0 Å². The molecule has 0 N–H and O–H groups in total. The molecule has 6 rings (SSSR count). The van der Waals surface area contributed by atoms with Crippen molar-refractivity contribution >= 4 is 17.1 Å². The van der Waals surface area contributed by atoms with Crippen LogP contribution in [0.1, 0.15) is 11.1 Å². The number of benzene rings is 5. The quantitative estimate of drug-likeness (QED) is 0.272. The Kier molecular flexibility index (Phi) is 4.77. The minimum Gasteiger partial charge on any atom is -0.311 e. The summed E-state index contributed by atoms with van der Waals surface area (Å²) in [4.78, 5) is 2.14. The van der Waals surface area contributed by atoms with Crippen LogP contribution in [-0.4, -0.2) is 0 Å². The number of halogens is 1. The molecule has 0 amide bonds. The Balaban J connectivity index is 1.38. The topological polar surface area (TPSA) is 3.24 Å². The van der Waals surface area contributed by atoms with Crippen molar-refractivity contribution in [3.05, 3.63) is 138 Å². The van der Waals surface area contributed by atoms with E-state index < -0.39 is 0 Å². The fourth-order valence-corrected chi connectivity index (χ4v) is 4.72. The predicted molar refractivity (Wildman–Crippen MR) is 135 cm³/mol. The monoisotopic (exact) mass is 427 g/mol. The third-order valence-electron chi connectivity index (χ3n) is 6.36. The summed E-state index contributed by atoms with van der Waals surface area (Å²) in [6.45, 7) is 0. The second-order valence-corrected chi connectivity index (χ2v) is 8.40. The van der Waals surface area contributed by atoms with Crippen molar-refractivity contribution in [1.29, 1.82) is 0 Å². The molecule has 0 aliphatic heterocycles. The lowest BCUT2D eigenvalue weighted by Gasteiger charge is -2.25. The molecule has 33 heavy (non-hydrogen) atoms. The van der Waals surface area contributed by atoms with Crippen LogP contribution in [0.4, 0.5) is 21.5 Å². The van der Waals surface area contributed by atoms with E-state index in [1.807, 2.05) is 30.3 Å². The van der Waals surface area contributed by atoms with E-state index >= 15 is 0 Å². The fraction of sp³-hybridized carbons (Fsp3) is 0.0323. The molecule has 0 spiro atoms. The smallest absolute Gasteiger partial charge is 0.123 e. The highest BCUT2D eigenvalue weighted by Crippen LogP contribution is 2.40. The van der Waals surface area contributed by atoms with Crippen molar-refractivity contribution < 1.29 is 4.39 Å². The van der Waals surface area contributed by atoms with E-state index in [0.717, 1.165) is 23.5 Å². The van der Waals surface area contributed by atoms with Crippen molar-refractivity contribution in [2.45, 2.75) is 6.42 Å². The number of nitrogens with zero attached hydrogens (tertiary/aromatic N) is 1. The van der Waals surface area contributed by atoms with Gasteiger partial charge in [-0.15, -0.1) is 0 Å². The molecule has 5 aromatic carbocycles. The van der Waals surface area contributed by atoms with Crippen LogP contribution in [0.2, 0.25) is 0 Å². The summed E-state index contributed by atoms with van der Waals surface area (Å²) >= 11 is 0. The van der Waals surface area contributed by atoms with Gasteiger partial charge >= 0.3 is 0 Å². The fourth-order valence-electron chi connectivity index (χ4n) is 4.72. The largest absolute Gasteiger partial charge is 0.311 e. The molecule has 158 valence electrons. The van der Waals surface area contributed by atoms with Gasteiger partial charge in [0, 0.05) is 17.1 Å². The number of anilines is 3. The zero-order valence-corrected chi connectivity index (χ0v) is 18.1. The molecule has 0 heterocycles. The van der Waals surface area contributed by atoms with Gasteiger partial charge < -0.3 is 4.90 Å². The first kappa shape index (κ1) is 19.5. The van der Waals surface area contributed by atoms with Gasteiger partial charge in [-0.1, -0.05) is 66.7 Å². The van der Waals surface area contributed by atoms with Crippen molar-refractivity contribution in [3.63, 3.8) is 0 Å². The molecule has 5 aromatic rings. The Labute approximate surface area is 193 Å². The molecule has 2 heteroatoms. The summed E-state index contributed by atoms with van der Waals surface area (Å²) < 4.78 is 13.6. The second kappa shape index (κ2) is 8.07. The van der Waals surface area contributed by atoms with Crippen LogP contribution in [0.25, 0.3) is 22.3 Å². The van der Waals surface area contributed by atoms with Crippen LogP contribution in [-0.2, 0) is 6.42 Å². The van der Waals surface area contributed by atoms with Gasteiger partial charge in [-0.2, -0.15) is 0 Å². The lowest BCUT2D eigenvalue weighted by molar-refractivity contribution is 0.628. The minimum absolute atomic E-state index is 0.236. The van der Waals surface area contributed by atoms with Crippen molar-refractivity contribution in [3.8, 4) is 22.3 Å². The predicted octanol–water partition coefficient (Wildman–Crippen LogP) is 8.53. The molecule has 0 saturated heterocycles. The molecule has 0 unspecified atom stereocenters. The molecular weight excluding hydrogens is 405 g/mol. The lowest BCUT2D eigenvalue weighted by Crippen LogP contribution is -2.09. The molecule has 0 fully saturated rings. The Morgan fingerprint density at radius 1 is 0.485 bits per heavy atom. The van der Waals surface area contributed by atoms with Gasteiger partial charge in [-0.05, 0) is 94.4 Å². The molecule has 0 saturated carbocycles. The van der Waals surface area contributed by atoms with Crippen LogP contribution < -0.4 is 4.90 Å². The molecule has 0 bridgehead atoms. The average Bonchev–Trinajstić information content (AvgIpc) is 3.24. The maximum absolute atomic E-state index is 13.6. The van der Waals surface area contributed by atoms with E-state index in [1.54, 1.807) is 0 Å². The summed E-state index contributed by atoms with van der Waals surface area (Å²) in [5, 5.41) is 0. The second-order valence-electron chi connectivity index (χ2n) is 8.40. The first-order chi connectivity index (χ1) is 16.3. The van der Waals surface area contributed by atoms with Gasteiger partial charge in [0.05, 0.1) is 0 Å². The van der Waals surface area contributed by atoms with E-state index in [2.05, 4.69) is 83.8 Å². The van der Waals surface area contributed by atoms with Crippen molar-refractivity contribution in [2.24, 2.45) is 0 Å². The standard InChI is InChI=1S/C31H22FN/c32-26-14-18-29(19-15-26)33(27-7-2-1-3-8-27)28-16-12-22(13-17-28)23-10-11-25-20-24-6-4-5-9-30(24)31(25)21-23/h1-19,21H,20H2. The molecule has 1 nitrogen and oxygen atoms in total. The zero-order chi connectivity index (χ0) is 22.2. The van der Waals surface area contributed by atoms with Crippen molar-refractivity contribution in [2.75, 3.05) is 4.90 Å². The summed E-state index contributed by atoms with van der Waals surface area (Å²) in [5.41, 5.74) is 10.9. The molecule has 1 aliphatic carbocycles. The number of hydrogen-bond acceptors (Lipinski definition) is 1. The third kappa shape index (κ3) is 3.60. The highest BCUT2D eigenvalue weighted by Gasteiger charge is 2.18. The summed E-state index contributed by atoms with van der Waals surface area (Å²) in [6.07, 6.45) is 1.01. The molecule has 1 aliphatic rings. The molecule has 0 aromatic heterocycles. The SMILES string of the molecule is Fc1ccc(N(c2ccccc2)c2ccc(-c3ccc4c(c3)-c3ccccc3C4)cc2)cc1. The first-order valence-electron chi connectivity index (χ1n) is 11.2. The first-order valence-corrected chi connectivity index (χ1v) is 11.2. The third-order valence-corrected chi connectivity index (χ3v) is 6.36. The van der Waals surface area contributed by atoms with E-state index in [9.17, 15) is 4.39 Å². The molecule has 0 radical (unpaired) electrons. The van der Waals surface area contributed by atoms with Crippen molar-refractivity contribution in [1.82, 2.24) is 0 Å². The van der Waals surface area contributed by atoms with Crippen LogP contribution in [0.15, 0.2) is 121 Å². The van der Waals surface area contributed by atoms with E-state index in [4.69, 9.17) is 0 Å². The van der Waals surface area contributed by atoms with E-state index in [1.165, 1.54) is 45.5 Å². The highest BCUT2D eigenvalue weighted by molar-refractivity contribution is 5.83. The Bertz CT molecular complexity index is 1420. The lowest BCUT2D eigenvalue weighted by atomic mass is 9.98. The number of para-hydroxylation sites is 1. The zero-order valence-electron chi connectivity index (χ0n) is 18.1. The van der Waals surface area contributed by atoms with Gasteiger partial charge in [0.15, 0.2) is 0 Å². The van der Waals surface area contributed by atoms with Crippen LogP contribution in [0.3, 0.4) is 0 Å². The minimum atomic E-state index is -0.236. The van der Waals surface area contributed by atoms with E-state index in [-0.39, 0.29) is 5.82 Å². The van der Waals surface area contributed by atoms with Crippen LogP contribution in [0, 0.1) is 5.82 Å². The summed E-state index contributed by atoms with van der Waals surface area (Å²) in [5.74, 6) is -0.236. The van der Waals surface area contributed by atoms with Gasteiger partial charge in [-0.25, -0.2) is 4.39 Å². The summed E-state index contributed by atoms with van der Waals surface area (Å²) in [6, 6.07) is 40.8. The van der Waals surface area contributed by atoms with Crippen LogP contribution in [0.5, 0.6) is 0 Å². The maximum Gasteiger partial charge on any atom is 0.123 e. The Morgan fingerprint density at radius 3 is 1.82 bits per heavy atom. The number of fused-ring (bicyclic) bond motifs is 3.